The molecular weight excluding hydrogens is 1380 g/mol. The molecule has 4 amide bonds. The maximum atomic E-state index is 14.9. The van der Waals surface area contributed by atoms with Crippen LogP contribution in [-0.4, -0.2) is 105 Å². The van der Waals surface area contributed by atoms with Gasteiger partial charge in [-0.25, -0.2) is 18.5 Å². The molecule has 1 saturated carbocycles. The number of amides is 4. The summed E-state index contributed by atoms with van der Waals surface area (Å²) in [6.45, 7) is 40.8. The van der Waals surface area contributed by atoms with Crippen LogP contribution < -0.4 is 32.4 Å². The van der Waals surface area contributed by atoms with E-state index < -0.39 is 75.2 Å². The Balaban J connectivity index is 0.000000261. The van der Waals surface area contributed by atoms with Crippen LogP contribution in [0.4, 0.5) is 20.6 Å². The summed E-state index contributed by atoms with van der Waals surface area (Å²) in [5.41, 5.74) is 10.3. The van der Waals surface area contributed by atoms with Crippen molar-refractivity contribution in [1.29, 1.82) is 0 Å². The van der Waals surface area contributed by atoms with E-state index >= 15 is 0 Å². The Morgan fingerprint density at radius 2 is 0.903 bits per heavy atom. The van der Waals surface area contributed by atoms with Crippen molar-refractivity contribution in [2.45, 2.75) is 215 Å². The van der Waals surface area contributed by atoms with Gasteiger partial charge in [0, 0.05) is 122 Å². The third-order valence-electron chi connectivity index (χ3n) is 18.3. The van der Waals surface area contributed by atoms with Crippen molar-refractivity contribution in [2.75, 3.05) is 23.8 Å². The van der Waals surface area contributed by atoms with E-state index in [0.29, 0.717) is 59.2 Å². The highest BCUT2D eigenvalue weighted by atomic mass is 35.5. The molecule has 4 aromatic heterocycles. The molecule has 1 aliphatic rings. The van der Waals surface area contributed by atoms with Gasteiger partial charge in [0.25, 0.3) is 17.0 Å². The second kappa shape index (κ2) is 33.7. The highest BCUT2D eigenvalue weighted by molar-refractivity contribution is 6.76. The first-order chi connectivity index (χ1) is 48.2. The molecule has 1 aliphatic carbocycles. The summed E-state index contributed by atoms with van der Waals surface area (Å²) < 4.78 is 39.4. The van der Waals surface area contributed by atoms with Crippen LogP contribution in [0.15, 0.2) is 131 Å². The Labute approximate surface area is 617 Å². The molecule has 4 heterocycles. The summed E-state index contributed by atoms with van der Waals surface area (Å²) in [4.78, 5) is 78.8. The zero-order valence-corrected chi connectivity index (χ0v) is 66.7. The van der Waals surface area contributed by atoms with E-state index in [1.807, 2.05) is 139 Å². The summed E-state index contributed by atoms with van der Waals surface area (Å²) in [5, 5.41) is 21.7. The number of nitrogens with one attached hydrogen (secondary N) is 4. The number of aryl methyl sites for hydroxylation is 2. The van der Waals surface area contributed by atoms with E-state index in [2.05, 4.69) is 60.5 Å². The molecular formula is C79H103Cl2FN10O9Si2. The topological polar surface area (TPSA) is 224 Å². The fraction of sp³-hybridized carbons (Fsp3) is 0.443. The fourth-order valence-electron chi connectivity index (χ4n) is 12.0. The summed E-state index contributed by atoms with van der Waals surface area (Å²) in [6.07, 6.45) is 3.11. The Morgan fingerprint density at radius 1 is 0.544 bits per heavy atom. The predicted molar refractivity (Wildman–Crippen MR) is 418 cm³/mol. The molecule has 0 aliphatic heterocycles. The molecule has 4 aromatic carbocycles. The van der Waals surface area contributed by atoms with Crippen molar-refractivity contribution in [3.8, 4) is 44.5 Å². The number of alkyl carbamates (subject to hydrolysis) is 1. The number of pyridine rings is 2. The normalized spacial score (nSPS) is 14.1. The summed E-state index contributed by atoms with van der Waals surface area (Å²) in [5.74, 6) is -2.95. The Kier molecular flexibility index (Phi) is 26.3. The van der Waals surface area contributed by atoms with Crippen molar-refractivity contribution in [3.05, 3.63) is 186 Å². The first-order valence-electron chi connectivity index (χ1n) is 35.3. The molecule has 552 valence electrons. The number of hydrogen-bond acceptors (Lipinski definition) is 11. The number of anilines is 2. The van der Waals surface area contributed by atoms with Gasteiger partial charge in [0.15, 0.2) is 5.67 Å². The third-order valence-corrected chi connectivity index (χ3v) is 22.4. The van der Waals surface area contributed by atoms with Gasteiger partial charge in [-0.05, 0) is 206 Å². The fourth-order valence-corrected chi connectivity index (χ4v) is 14.0. The molecule has 24 heteroatoms. The lowest BCUT2D eigenvalue weighted by Crippen LogP contribution is -2.50. The maximum Gasteiger partial charge on any atom is 0.408 e. The smallest absolute Gasteiger partial charge is 0.408 e. The lowest BCUT2D eigenvalue weighted by Gasteiger charge is -2.28. The molecule has 0 saturated heterocycles. The van der Waals surface area contributed by atoms with E-state index in [1.54, 1.807) is 79.4 Å². The van der Waals surface area contributed by atoms with Crippen LogP contribution in [0.5, 0.6) is 0 Å². The number of benzene rings is 4. The standard InChI is InChI=1S/C40H54ClN5O5Si.C39H49ClFN5O4Si/c1-25(2)45-23-31(15-19-35(45)47)30-14-18-34(41)33(22-30)26(3)37(43-39(49)51-40(6,7)8)38(48)42-32-16-12-29(13-17-32)36-27(4)44-46(28(36)5)24-50-20-21-52(9,10)11;1-24(2)45-22-30(12-16-34(45)47)29-11-15-33(40)32(21-29)25(3)36(43-38(49)39(41)17-18-39)37(48)42-31-13-9-28(10-14-31)35-26(4)44-46(27(35)5)23-50-19-20-51(6,7)8/h12-19,22-23,25-26,37H,20-21,24H2,1-11H3,(H,42,48)(H,43,49);9-16,21-22,24-25,36H,17-20,23H2,1-8H3,(H,42,48)(H,43,49)/t26?,37-;25?,36-/m00/s1. The average molecular weight is 1480 g/mol. The molecule has 0 bridgehead atoms. The minimum Gasteiger partial charge on any atom is -0.444 e. The van der Waals surface area contributed by atoms with Gasteiger partial charge in [-0.15, -0.1) is 0 Å². The van der Waals surface area contributed by atoms with Gasteiger partial charge in [-0.3, -0.25) is 24.0 Å². The van der Waals surface area contributed by atoms with E-state index in [4.69, 9.17) is 47.6 Å². The van der Waals surface area contributed by atoms with Crippen molar-refractivity contribution in [3.63, 3.8) is 0 Å². The lowest BCUT2D eigenvalue weighted by atomic mass is 9.90. The van der Waals surface area contributed by atoms with Crippen LogP contribution >= 0.6 is 23.2 Å². The second-order valence-corrected chi connectivity index (χ2v) is 43.1. The first-order valence-corrected chi connectivity index (χ1v) is 43.5. The Bertz CT molecular complexity index is 4470. The van der Waals surface area contributed by atoms with Crippen LogP contribution in [0.2, 0.25) is 61.4 Å². The number of nitrogens with zero attached hydrogens (tertiary/aromatic N) is 6. The molecule has 0 spiro atoms. The van der Waals surface area contributed by atoms with Crippen LogP contribution in [0.3, 0.4) is 0 Å². The zero-order valence-electron chi connectivity index (χ0n) is 63.2. The Hall–Kier alpha value is -8.26. The number of rotatable bonds is 27. The SMILES string of the molecule is Cc1nn(COCC[Si](C)(C)C)c(C)c1-c1ccc(NC(=O)[C@@H](NC(=O)C2(F)CC2)C(C)c2cc(-c3ccc(=O)n(C(C)C)c3)ccc2Cl)cc1.Cc1nn(COCC[Si](C)(C)C)c(C)c1-c1ccc(NC(=O)[C@@H](NC(=O)OC(C)(C)C)C(C)c2cc(-c3ccc(=O)n(C(C)C)c3)ccc2Cl)cc1. The zero-order chi connectivity index (χ0) is 75.8. The van der Waals surface area contributed by atoms with Gasteiger partial charge in [-0.2, -0.15) is 10.2 Å². The number of carbonyl (C=O) groups excluding carboxylic acids is 4. The molecule has 4 atom stereocenters. The van der Waals surface area contributed by atoms with E-state index in [1.165, 1.54) is 12.1 Å². The van der Waals surface area contributed by atoms with Crippen molar-refractivity contribution >= 4 is 74.5 Å². The molecule has 9 rings (SSSR count). The van der Waals surface area contributed by atoms with E-state index in [9.17, 15) is 33.2 Å². The predicted octanol–water partition coefficient (Wildman–Crippen LogP) is 17.4. The minimum atomic E-state index is -1.98. The van der Waals surface area contributed by atoms with E-state index in [0.717, 1.165) is 79.4 Å². The molecule has 1 fully saturated rings. The molecule has 103 heavy (non-hydrogen) atoms. The highest BCUT2D eigenvalue weighted by Crippen LogP contribution is 2.41. The number of halogens is 3. The number of ether oxygens (including phenoxy) is 3. The van der Waals surface area contributed by atoms with Gasteiger partial charge in [0.1, 0.15) is 31.1 Å². The lowest BCUT2D eigenvalue weighted by molar-refractivity contribution is -0.131. The quantitative estimate of drug-likeness (QED) is 0.0280. The van der Waals surface area contributed by atoms with E-state index in [-0.39, 0.29) is 36.0 Å². The van der Waals surface area contributed by atoms with Crippen LogP contribution in [0.25, 0.3) is 44.5 Å². The summed E-state index contributed by atoms with van der Waals surface area (Å²) >= 11 is 13.5. The molecule has 0 radical (unpaired) electrons. The third kappa shape index (κ3) is 21.5. The number of carbonyl (C=O) groups is 4. The number of hydrogen-bond donors (Lipinski definition) is 4. The maximum absolute atomic E-state index is 14.9. The van der Waals surface area contributed by atoms with Crippen LogP contribution in [0, 0.1) is 27.7 Å². The first kappa shape index (κ1) is 80.4. The average Bonchev–Trinajstić information content (AvgIpc) is 1.76. The Morgan fingerprint density at radius 3 is 1.25 bits per heavy atom. The monoisotopic (exact) mass is 1480 g/mol. The van der Waals surface area contributed by atoms with Crippen LogP contribution in [-0.2, 0) is 42.1 Å². The van der Waals surface area contributed by atoms with Gasteiger partial charge in [0.05, 0.1) is 11.4 Å². The van der Waals surface area contributed by atoms with Crippen molar-refractivity contribution < 1.29 is 37.8 Å². The molecule has 2 unspecified atom stereocenters. The highest BCUT2D eigenvalue weighted by Gasteiger charge is 2.52. The molecule has 19 nitrogen and oxygen atoms in total. The van der Waals surface area contributed by atoms with Gasteiger partial charge in [-0.1, -0.05) is 113 Å². The van der Waals surface area contributed by atoms with Crippen molar-refractivity contribution in [1.82, 2.24) is 39.3 Å². The summed E-state index contributed by atoms with van der Waals surface area (Å²) in [6, 6.07) is 32.4. The largest absolute Gasteiger partial charge is 0.444 e. The number of aromatic nitrogens is 6. The van der Waals surface area contributed by atoms with Crippen LogP contribution in [0.1, 0.15) is 133 Å². The second-order valence-electron chi connectivity index (χ2n) is 31.0. The van der Waals surface area contributed by atoms with Gasteiger partial charge < -0.3 is 44.6 Å². The number of alkyl halides is 1. The van der Waals surface area contributed by atoms with Crippen molar-refractivity contribution in [2.24, 2.45) is 0 Å². The van der Waals surface area contributed by atoms with Gasteiger partial charge in [0.2, 0.25) is 11.8 Å². The minimum absolute atomic E-state index is 0.0202. The molecule has 4 N–H and O–H groups in total. The van der Waals surface area contributed by atoms with Gasteiger partial charge >= 0.3 is 6.09 Å². The molecule has 8 aromatic rings. The summed E-state index contributed by atoms with van der Waals surface area (Å²) in [7, 11) is -2.38.